The van der Waals surface area contributed by atoms with E-state index in [1.807, 2.05) is 0 Å². The van der Waals surface area contributed by atoms with Crippen molar-refractivity contribution in [3.05, 3.63) is 204 Å². The lowest BCUT2D eigenvalue weighted by atomic mass is 9.79. The predicted octanol–water partition coefficient (Wildman–Crippen LogP) is 21.6. The van der Waals surface area contributed by atoms with Gasteiger partial charge in [0.1, 0.15) is 0 Å². The van der Waals surface area contributed by atoms with Crippen LogP contribution in [0.15, 0.2) is 182 Å². The number of hydrogen-bond acceptors (Lipinski definition) is 0. The maximum absolute atomic E-state index is 2.55. The van der Waals surface area contributed by atoms with Crippen LogP contribution < -0.4 is 0 Å². The van der Waals surface area contributed by atoms with Gasteiger partial charge in [-0.1, -0.05) is 217 Å². The first-order chi connectivity index (χ1) is 35.2. The minimum atomic E-state index is 0.0253. The van der Waals surface area contributed by atoms with Crippen molar-refractivity contribution >= 4 is 86.2 Å². The Morgan fingerprint density at radius 3 is 0.730 bits per heavy atom. The van der Waals surface area contributed by atoms with Crippen molar-refractivity contribution in [1.29, 1.82) is 0 Å². The normalized spacial score (nSPS) is 13.1. The summed E-state index contributed by atoms with van der Waals surface area (Å²) in [6, 6.07) is 71.0. The van der Waals surface area contributed by atoms with Crippen molar-refractivity contribution < 1.29 is 0 Å². The van der Waals surface area contributed by atoms with E-state index in [0.29, 0.717) is 0 Å². The molecule has 0 aliphatic heterocycles. The third-order valence-corrected chi connectivity index (χ3v) is 16.7. The van der Waals surface area contributed by atoms with Gasteiger partial charge in [-0.05, 0) is 223 Å². The van der Waals surface area contributed by atoms with Crippen molar-refractivity contribution in [2.24, 2.45) is 0 Å². The van der Waals surface area contributed by atoms with E-state index in [4.69, 9.17) is 0 Å². The van der Waals surface area contributed by atoms with Gasteiger partial charge < -0.3 is 0 Å². The highest BCUT2D eigenvalue weighted by atomic mass is 14.3. The fraction of sp³-hybridized carbons (Fsp3) is 0.216. The molecule has 13 aromatic carbocycles. The molecule has 0 amide bonds. The molecular weight excluding hydrogens is 889 g/mol. The second kappa shape index (κ2) is 16.0. The second-order valence-corrected chi connectivity index (χ2v) is 25.8. The molecule has 13 rings (SSSR count). The van der Waals surface area contributed by atoms with Crippen molar-refractivity contribution in [3.8, 4) is 44.5 Å². The fourth-order valence-corrected chi connectivity index (χ4v) is 12.3. The molecule has 0 aliphatic carbocycles. The van der Waals surface area contributed by atoms with Crippen LogP contribution in [0.25, 0.3) is 131 Å². The predicted molar refractivity (Wildman–Crippen MR) is 325 cm³/mol. The molecule has 0 aliphatic rings. The molecule has 0 fully saturated rings. The minimum Gasteiger partial charge on any atom is -0.0622 e. The monoisotopic (exact) mass is 955 g/mol. The summed E-state index contributed by atoms with van der Waals surface area (Å²) in [6.45, 7) is 28.0. The molecule has 13 aromatic rings. The summed E-state index contributed by atoms with van der Waals surface area (Å²) >= 11 is 0. The van der Waals surface area contributed by atoms with E-state index < -0.39 is 0 Å². The van der Waals surface area contributed by atoms with E-state index in [0.717, 1.165) is 0 Å². The Labute approximate surface area is 437 Å². The third kappa shape index (κ3) is 7.39. The zero-order valence-electron chi connectivity index (χ0n) is 45.3. The number of hydrogen-bond donors (Lipinski definition) is 0. The highest BCUT2D eigenvalue weighted by Crippen LogP contribution is 2.50. The quantitative estimate of drug-likeness (QED) is 0.154. The molecule has 0 heterocycles. The van der Waals surface area contributed by atoms with Gasteiger partial charge in [-0.15, -0.1) is 0 Å². The molecule has 0 bridgehead atoms. The molecule has 0 radical (unpaired) electrons. The molecule has 0 heteroatoms. The van der Waals surface area contributed by atoms with E-state index in [2.05, 4.69) is 265 Å². The maximum atomic E-state index is 2.55. The number of rotatable bonds is 4. The zero-order chi connectivity index (χ0) is 51.4. The van der Waals surface area contributed by atoms with Crippen LogP contribution >= 0.6 is 0 Å². The van der Waals surface area contributed by atoms with Crippen LogP contribution in [0.1, 0.15) is 105 Å². The van der Waals surface area contributed by atoms with Crippen LogP contribution in [0.5, 0.6) is 0 Å². The van der Waals surface area contributed by atoms with E-state index in [1.165, 1.54) is 153 Å². The van der Waals surface area contributed by atoms with Gasteiger partial charge in [0.25, 0.3) is 0 Å². The van der Waals surface area contributed by atoms with Gasteiger partial charge in [0.05, 0.1) is 0 Å². The molecule has 0 N–H and O–H groups in total. The average Bonchev–Trinajstić information content (AvgIpc) is 3.96. The molecule has 362 valence electrons. The van der Waals surface area contributed by atoms with Gasteiger partial charge in [0.15, 0.2) is 0 Å². The Kier molecular flexibility index (Phi) is 9.99. The van der Waals surface area contributed by atoms with E-state index in [-0.39, 0.29) is 21.7 Å². The summed E-state index contributed by atoms with van der Waals surface area (Å²) in [5, 5.41) is 21.0. The van der Waals surface area contributed by atoms with Gasteiger partial charge in [-0.25, -0.2) is 0 Å². The molecule has 0 nitrogen and oxygen atoms in total. The fourth-order valence-electron chi connectivity index (χ4n) is 12.3. The smallest absolute Gasteiger partial charge is 0.00195 e. The molecule has 0 unspecified atom stereocenters. The van der Waals surface area contributed by atoms with Crippen LogP contribution in [-0.4, -0.2) is 0 Å². The molecule has 0 saturated carbocycles. The average molecular weight is 955 g/mol. The lowest BCUT2D eigenvalue weighted by Gasteiger charge is -2.26. The number of fused-ring (bicyclic) bond motifs is 11. The van der Waals surface area contributed by atoms with Crippen molar-refractivity contribution in [2.45, 2.75) is 105 Å². The van der Waals surface area contributed by atoms with Gasteiger partial charge in [-0.3, -0.25) is 0 Å². The highest BCUT2D eigenvalue weighted by Gasteiger charge is 2.26. The van der Waals surface area contributed by atoms with E-state index in [1.54, 1.807) is 0 Å². The van der Waals surface area contributed by atoms with Crippen LogP contribution in [0.2, 0.25) is 0 Å². The van der Waals surface area contributed by atoms with Crippen LogP contribution in [-0.2, 0) is 21.7 Å². The lowest BCUT2D eigenvalue weighted by molar-refractivity contribution is 0.568. The van der Waals surface area contributed by atoms with Crippen LogP contribution in [0.3, 0.4) is 0 Å². The van der Waals surface area contributed by atoms with Gasteiger partial charge >= 0.3 is 0 Å². The first-order valence-corrected chi connectivity index (χ1v) is 26.9. The van der Waals surface area contributed by atoms with Gasteiger partial charge in [0.2, 0.25) is 0 Å². The van der Waals surface area contributed by atoms with E-state index >= 15 is 0 Å². The van der Waals surface area contributed by atoms with Crippen LogP contribution in [0.4, 0.5) is 0 Å². The second-order valence-electron chi connectivity index (χ2n) is 25.8. The SMILES string of the molecule is CC(C)(C)c1cc(-c2ccc3c(c2)c2cc(-c4ccccc4)cc4c5ccc6c(cc7c8ccc(-c9cc(C(C)(C)C)cc(C(C)(C)C)c9)cc8c8cc(-c9ccccc9)cc6c87)c5cc3c42)cc(C(C)(C)C)c1. The molecule has 74 heavy (non-hydrogen) atoms. The Balaban J connectivity index is 1.11. The Hall–Kier alpha value is -7.54. The third-order valence-electron chi connectivity index (χ3n) is 16.7. The topological polar surface area (TPSA) is 0 Å². The van der Waals surface area contributed by atoms with Crippen molar-refractivity contribution in [3.63, 3.8) is 0 Å². The van der Waals surface area contributed by atoms with E-state index in [9.17, 15) is 0 Å². The minimum absolute atomic E-state index is 0.0253. The molecule has 0 aromatic heterocycles. The van der Waals surface area contributed by atoms with Crippen molar-refractivity contribution in [1.82, 2.24) is 0 Å². The summed E-state index contributed by atoms with van der Waals surface area (Å²) in [7, 11) is 0. The Morgan fingerprint density at radius 1 is 0.176 bits per heavy atom. The van der Waals surface area contributed by atoms with Crippen molar-refractivity contribution in [2.75, 3.05) is 0 Å². The number of benzene rings is 11. The standard InChI is InChI=1S/C74H66/c1-71(2,3)51-29-47(30-52(39-51)72(4,5)6)45-23-25-55-59(33-45)65-37-49(43-19-15-13-16-20-43)35-63-57-27-28-58-62(61(57)41-67(55)69(63)65)42-68-56-26-24-46(48-31-53(73(7,8)9)40-54(32-48)74(10,11)12)34-60(56)66-38-50(36-64(58)70(66)68)44-21-17-14-18-22-44/h13-42H,1-12H3. The largest absolute Gasteiger partial charge is 0.0622 e. The molecular formula is C74H66. The summed E-state index contributed by atoms with van der Waals surface area (Å²) in [5.41, 5.74) is 15.7. The maximum Gasteiger partial charge on any atom is -0.00195 e. The van der Waals surface area contributed by atoms with Gasteiger partial charge in [0, 0.05) is 0 Å². The van der Waals surface area contributed by atoms with Crippen LogP contribution in [0, 0.1) is 0 Å². The summed E-state index contributed by atoms with van der Waals surface area (Å²) in [5.74, 6) is 0. The summed E-state index contributed by atoms with van der Waals surface area (Å²) in [4.78, 5) is 0. The molecule has 0 spiro atoms. The summed E-state index contributed by atoms with van der Waals surface area (Å²) < 4.78 is 0. The first-order valence-electron chi connectivity index (χ1n) is 26.9. The zero-order valence-corrected chi connectivity index (χ0v) is 45.3. The first kappa shape index (κ1) is 46.3. The summed E-state index contributed by atoms with van der Waals surface area (Å²) in [6.07, 6.45) is 0. The highest BCUT2D eigenvalue weighted by molar-refractivity contribution is 6.41. The molecule has 0 saturated heterocycles. The lowest BCUT2D eigenvalue weighted by Crippen LogP contribution is -2.16. The molecule has 0 atom stereocenters. The van der Waals surface area contributed by atoms with Gasteiger partial charge in [-0.2, -0.15) is 0 Å². The Bertz CT molecular complexity index is 4050. The Morgan fingerprint density at radius 2 is 0.419 bits per heavy atom.